The number of amides is 1. The molecule has 0 N–H and O–H groups in total. The van der Waals surface area contributed by atoms with Crippen molar-refractivity contribution in [2.45, 2.75) is 13.1 Å². The van der Waals surface area contributed by atoms with Crippen LogP contribution in [0.3, 0.4) is 0 Å². The zero-order chi connectivity index (χ0) is 19.6. The second-order valence-electron chi connectivity index (χ2n) is 5.86. The molecule has 0 saturated carbocycles. The number of alkyl halides is 3. The van der Waals surface area contributed by atoms with E-state index in [0.29, 0.717) is 4.91 Å². The van der Waals surface area contributed by atoms with Crippen LogP contribution in [0.2, 0.25) is 0 Å². The van der Waals surface area contributed by atoms with E-state index in [4.69, 9.17) is 12.2 Å². The van der Waals surface area contributed by atoms with Crippen LogP contribution in [0.15, 0.2) is 71.2 Å². The lowest BCUT2D eigenvalue weighted by molar-refractivity contribution is -0.137. The van der Waals surface area contributed by atoms with Crippen molar-refractivity contribution in [1.82, 2.24) is 0 Å². The van der Waals surface area contributed by atoms with Crippen LogP contribution in [0.1, 0.15) is 18.1 Å². The Morgan fingerprint density at radius 2 is 1.81 bits per heavy atom. The summed E-state index contributed by atoms with van der Waals surface area (Å²) in [5.74, 6) is -0.426. The third-order valence-electron chi connectivity index (χ3n) is 3.78. The molecular formula is C20H14F3NOS2. The Labute approximate surface area is 164 Å². The van der Waals surface area contributed by atoms with E-state index in [2.05, 4.69) is 0 Å². The van der Waals surface area contributed by atoms with Gasteiger partial charge in [0.05, 0.1) is 16.2 Å². The molecule has 0 unspecified atom stereocenters. The van der Waals surface area contributed by atoms with E-state index in [9.17, 15) is 18.0 Å². The fraction of sp³-hybridized carbons (Fsp3) is 0.100. The molecule has 2 nitrogen and oxygen atoms in total. The van der Waals surface area contributed by atoms with Gasteiger partial charge in [-0.2, -0.15) is 13.2 Å². The van der Waals surface area contributed by atoms with Gasteiger partial charge in [-0.25, -0.2) is 0 Å². The minimum Gasteiger partial charge on any atom is -0.268 e. The fourth-order valence-electron chi connectivity index (χ4n) is 2.57. The number of halogens is 3. The molecule has 0 aromatic heterocycles. The van der Waals surface area contributed by atoms with Crippen LogP contribution < -0.4 is 4.90 Å². The average molecular weight is 405 g/mol. The highest BCUT2D eigenvalue weighted by Gasteiger charge is 2.35. The average Bonchev–Trinajstić information content (AvgIpc) is 2.88. The summed E-state index contributed by atoms with van der Waals surface area (Å²) in [5.41, 5.74) is 1.11. The van der Waals surface area contributed by atoms with Crippen LogP contribution in [0.25, 0.3) is 6.08 Å². The fourth-order valence-corrected chi connectivity index (χ4v) is 3.92. The number of allylic oxidation sites excluding steroid dienone is 2. The molecule has 1 heterocycles. The van der Waals surface area contributed by atoms with Gasteiger partial charge in [0.25, 0.3) is 5.91 Å². The van der Waals surface area contributed by atoms with Crippen LogP contribution in [-0.4, -0.2) is 10.2 Å². The maximum absolute atomic E-state index is 12.9. The van der Waals surface area contributed by atoms with E-state index in [1.807, 2.05) is 43.3 Å². The first-order valence-corrected chi connectivity index (χ1v) is 9.17. The van der Waals surface area contributed by atoms with E-state index in [1.54, 1.807) is 6.08 Å². The Morgan fingerprint density at radius 3 is 2.48 bits per heavy atom. The van der Waals surface area contributed by atoms with Gasteiger partial charge in [-0.05, 0) is 42.3 Å². The highest BCUT2D eigenvalue weighted by atomic mass is 32.2. The molecule has 1 amide bonds. The molecule has 1 fully saturated rings. The summed E-state index contributed by atoms with van der Waals surface area (Å²) in [4.78, 5) is 14.2. The largest absolute Gasteiger partial charge is 0.416 e. The summed E-state index contributed by atoms with van der Waals surface area (Å²) in [6, 6.07) is 14.2. The zero-order valence-corrected chi connectivity index (χ0v) is 15.8. The Kier molecular flexibility index (Phi) is 5.53. The van der Waals surface area contributed by atoms with Gasteiger partial charge in [0.1, 0.15) is 0 Å². The molecule has 138 valence electrons. The minimum atomic E-state index is -4.48. The van der Waals surface area contributed by atoms with Crippen molar-refractivity contribution in [2.75, 3.05) is 4.90 Å². The molecule has 2 aromatic carbocycles. The minimum absolute atomic E-state index is 0.111. The van der Waals surface area contributed by atoms with E-state index in [-0.39, 0.29) is 10.0 Å². The molecule has 27 heavy (non-hydrogen) atoms. The lowest BCUT2D eigenvalue weighted by Crippen LogP contribution is -2.27. The highest BCUT2D eigenvalue weighted by Crippen LogP contribution is 2.38. The number of thiocarbonyl (C=S) groups is 1. The van der Waals surface area contributed by atoms with Gasteiger partial charge in [0, 0.05) is 0 Å². The van der Waals surface area contributed by atoms with Crippen molar-refractivity contribution in [3.63, 3.8) is 0 Å². The highest BCUT2D eigenvalue weighted by molar-refractivity contribution is 8.27. The van der Waals surface area contributed by atoms with Crippen molar-refractivity contribution in [3.8, 4) is 0 Å². The van der Waals surface area contributed by atoms with Crippen LogP contribution in [-0.2, 0) is 11.0 Å². The number of hydrogen-bond acceptors (Lipinski definition) is 3. The van der Waals surface area contributed by atoms with Crippen LogP contribution in [0.5, 0.6) is 0 Å². The summed E-state index contributed by atoms with van der Waals surface area (Å²) in [5, 5.41) is 0. The van der Waals surface area contributed by atoms with Gasteiger partial charge in [0.2, 0.25) is 0 Å². The maximum atomic E-state index is 12.9. The topological polar surface area (TPSA) is 20.3 Å². The lowest BCUT2D eigenvalue weighted by atomic mass is 10.1. The third kappa shape index (κ3) is 4.48. The lowest BCUT2D eigenvalue weighted by Gasteiger charge is -2.16. The zero-order valence-electron chi connectivity index (χ0n) is 14.2. The van der Waals surface area contributed by atoms with Gasteiger partial charge in [-0.1, -0.05) is 66.5 Å². The molecule has 0 atom stereocenters. The number of hydrogen-bond donors (Lipinski definition) is 0. The monoisotopic (exact) mass is 405 g/mol. The van der Waals surface area contributed by atoms with Crippen LogP contribution >= 0.6 is 24.0 Å². The number of nitrogens with zero attached hydrogens (tertiary/aromatic N) is 1. The van der Waals surface area contributed by atoms with Crippen molar-refractivity contribution in [3.05, 3.63) is 82.3 Å². The summed E-state index contributed by atoms with van der Waals surface area (Å²) in [7, 11) is 0. The van der Waals surface area contributed by atoms with E-state index < -0.39 is 17.6 Å². The molecule has 1 aliphatic heterocycles. The first-order valence-electron chi connectivity index (χ1n) is 7.94. The molecule has 1 aliphatic rings. The summed E-state index contributed by atoms with van der Waals surface area (Å²) >= 11 is 6.30. The van der Waals surface area contributed by atoms with Crippen molar-refractivity contribution >= 4 is 46.0 Å². The van der Waals surface area contributed by atoms with Crippen molar-refractivity contribution in [2.24, 2.45) is 0 Å². The Hall–Kier alpha value is -2.38. The normalized spacial score (nSPS) is 17.1. The van der Waals surface area contributed by atoms with E-state index >= 15 is 0 Å². The molecule has 0 bridgehead atoms. The molecule has 0 radical (unpaired) electrons. The smallest absolute Gasteiger partial charge is 0.268 e. The summed E-state index contributed by atoms with van der Waals surface area (Å²) in [6.45, 7) is 1.85. The molecular weight excluding hydrogens is 391 g/mol. The van der Waals surface area contributed by atoms with Gasteiger partial charge in [-0.15, -0.1) is 0 Å². The SMILES string of the molecule is CC(=C/c1ccccc1)/C=C1/SC(=S)N(c2cccc(C(F)(F)F)c2)C1=O. The number of anilines is 1. The van der Waals surface area contributed by atoms with Gasteiger partial charge < -0.3 is 0 Å². The maximum Gasteiger partial charge on any atom is 0.416 e. The number of carbonyl (C=O) groups excluding carboxylic acids is 1. The number of carbonyl (C=O) groups is 1. The van der Waals surface area contributed by atoms with Gasteiger partial charge in [-0.3, -0.25) is 9.69 Å². The number of rotatable bonds is 3. The quantitative estimate of drug-likeness (QED) is 0.457. The third-order valence-corrected chi connectivity index (χ3v) is 5.08. The Morgan fingerprint density at radius 1 is 1.11 bits per heavy atom. The van der Waals surface area contributed by atoms with Gasteiger partial charge >= 0.3 is 6.18 Å². The predicted octanol–water partition coefficient (Wildman–Crippen LogP) is 6.06. The van der Waals surface area contributed by atoms with E-state index in [0.717, 1.165) is 39.9 Å². The van der Waals surface area contributed by atoms with E-state index in [1.165, 1.54) is 12.1 Å². The molecule has 0 aliphatic carbocycles. The number of benzene rings is 2. The summed E-state index contributed by atoms with van der Waals surface area (Å²) in [6.07, 6.45) is -0.877. The first kappa shape index (κ1) is 19.4. The molecule has 3 rings (SSSR count). The molecule has 2 aromatic rings. The van der Waals surface area contributed by atoms with Crippen LogP contribution in [0.4, 0.5) is 18.9 Å². The van der Waals surface area contributed by atoms with Gasteiger partial charge in [0.15, 0.2) is 4.32 Å². The second-order valence-corrected chi connectivity index (χ2v) is 7.54. The standard InChI is InChI=1S/C20H14F3NOS2/c1-13(10-14-6-3-2-4-7-14)11-17-18(25)24(19(26)27-17)16-9-5-8-15(12-16)20(21,22)23/h2-12H,1H3/b13-10-,17-11+. The predicted molar refractivity (Wildman–Crippen MR) is 107 cm³/mol. The first-order chi connectivity index (χ1) is 12.8. The molecule has 1 saturated heterocycles. The Balaban J connectivity index is 1.88. The molecule has 7 heteroatoms. The molecule has 0 spiro atoms. The van der Waals surface area contributed by atoms with Crippen molar-refractivity contribution in [1.29, 1.82) is 0 Å². The second kappa shape index (κ2) is 7.70. The van der Waals surface area contributed by atoms with Crippen LogP contribution in [0, 0.1) is 0 Å². The number of thioether (sulfide) groups is 1. The summed E-state index contributed by atoms with van der Waals surface area (Å²) < 4.78 is 39.0. The Bertz CT molecular complexity index is 949. The van der Waals surface area contributed by atoms with Crippen molar-refractivity contribution < 1.29 is 18.0 Å².